The second kappa shape index (κ2) is 6.22. The van der Waals surface area contributed by atoms with Crippen LogP contribution in [0.4, 0.5) is 5.69 Å². The molecular formula is C14H21N3O2. The maximum Gasteiger partial charge on any atom is 0.248 e. The van der Waals surface area contributed by atoms with E-state index in [0.717, 1.165) is 12.1 Å². The molecule has 0 aliphatic carbocycles. The zero-order valence-corrected chi connectivity index (χ0v) is 11.6. The number of nitrogens with one attached hydrogen (secondary N) is 2. The lowest BCUT2D eigenvalue weighted by atomic mass is 10.0. The van der Waals surface area contributed by atoms with Crippen molar-refractivity contribution in [2.24, 2.45) is 5.73 Å². The average Bonchev–Trinajstić information content (AvgIpc) is 2.36. The normalized spacial score (nSPS) is 10.9. The number of anilines is 1. The van der Waals surface area contributed by atoms with Crippen molar-refractivity contribution in [3.63, 3.8) is 0 Å². The molecule has 0 heterocycles. The van der Waals surface area contributed by atoms with E-state index in [1.54, 1.807) is 24.3 Å². The van der Waals surface area contributed by atoms with Crippen LogP contribution in [0.3, 0.4) is 0 Å². The summed E-state index contributed by atoms with van der Waals surface area (Å²) >= 11 is 0. The lowest BCUT2D eigenvalue weighted by molar-refractivity contribution is -0.121. The quantitative estimate of drug-likeness (QED) is 0.727. The molecule has 0 bridgehead atoms. The fraction of sp³-hybridized carbons (Fsp3) is 0.429. The minimum Gasteiger partial charge on any atom is -0.376 e. The van der Waals surface area contributed by atoms with Crippen molar-refractivity contribution in [3.05, 3.63) is 29.8 Å². The summed E-state index contributed by atoms with van der Waals surface area (Å²) in [7, 11) is 0. The molecule has 4 N–H and O–H groups in total. The van der Waals surface area contributed by atoms with E-state index in [-0.39, 0.29) is 18.0 Å². The molecule has 5 nitrogen and oxygen atoms in total. The summed E-state index contributed by atoms with van der Waals surface area (Å²) in [5, 5.41) is 5.92. The molecule has 0 saturated heterocycles. The molecule has 104 valence electrons. The van der Waals surface area contributed by atoms with Gasteiger partial charge in [0.1, 0.15) is 0 Å². The fourth-order valence-corrected chi connectivity index (χ4v) is 1.44. The van der Waals surface area contributed by atoms with Gasteiger partial charge in [0.2, 0.25) is 11.8 Å². The molecule has 0 radical (unpaired) electrons. The molecule has 0 aliphatic heterocycles. The number of rotatable bonds is 6. The van der Waals surface area contributed by atoms with E-state index in [9.17, 15) is 9.59 Å². The van der Waals surface area contributed by atoms with E-state index in [1.165, 1.54) is 0 Å². The molecule has 0 aromatic heterocycles. The first kappa shape index (κ1) is 15.0. The second-order valence-electron chi connectivity index (χ2n) is 5.08. The second-order valence-corrected chi connectivity index (χ2v) is 5.08. The number of benzene rings is 1. The molecule has 1 rings (SSSR count). The van der Waals surface area contributed by atoms with Crippen LogP contribution in [0.25, 0.3) is 0 Å². The molecule has 0 aliphatic rings. The van der Waals surface area contributed by atoms with Crippen molar-refractivity contribution in [2.45, 2.75) is 32.7 Å². The van der Waals surface area contributed by atoms with Crippen molar-refractivity contribution in [1.29, 1.82) is 0 Å². The maximum atomic E-state index is 11.7. The summed E-state index contributed by atoms with van der Waals surface area (Å²) in [4.78, 5) is 22.6. The third-order valence-corrected chi connectivity index (χ3v) is 2.98. The van der Waals surface area contributed by atoms with Gasteiger partial charge in [-0.25, -0.2) is 0 Å². The maximum absolute atomic E-state index is 11.7. The van der Waals surface area contributed by atoms with Crippen molar-refractivity contribution >= 4 is 17.5 Å². The Morgan fingerprint density at radius 3 is 2.26 bits per heavy atom. The van der Waals surface area contributed by atoms with E-state index in [1.807, 2.05) is 20.8 Å². The molecule has 1 aromatic rings. The molecule has 19 heavy (non-hydrogen) atoms. The van der Waals surface area contributed by atoms with E-state index >= 15 is 0 Å². The Kier molecular flexibility index (Phi) is 4.92. The number of hydrogen-bond acceptors (Lipinski definition) is 3. The van der Waals surface area contributed by atoms with Gasteiger partial charge >= 0.3 is 0 Å². The van der Waals surface area contributed by atoms with Crippen molar-refractivity contribution in [1.82, 2.24) is 5.32 Å². The number of carbonyl (C=O) groups is 2. The van der Waals surface area contributed by atoms with Gasteiger partial charge in [-0.05, 0) is 44.5 Å². The SMILES string of the molecule is CCC(C)(C)NC(=O)CNc1ccc(C(N)=O)cc1. The van der Waals surface area contributed by atoms with Gasteiger partial charge in [0.05, 0.1) is 6.54 Å². The minimum absolute atomic E-state index is 0.0640. The Morgan fingerprint density at radius 2 is 1.79 bits per heavy atom. The Balaban J connectivity index is 2.48. The number of primary amides is 1. The van der Waals surface area contributed by atoms with Crippen LogP contribution in [0.1, 0.15) is 37.6 Å². The zero-order valence-electron chi connectivity index (χ0n) is 11.6. The predicted molar refractivity (Wildman–Crippen MR) is 76.0 cm³/mol. The van der Waals surface area contributed by atoms with Crippen molar-refractivity contribution in [3.8, 4) is 0 Å². The number of hydrogen-bond donors (Lipinski definition) is 3. The largest absolute Gasteiger partial charge is 0.376 e. The van der Waals surface area contributed by atoms with Crippen LogP contribution in [-0.2, 0) is 4.79 Å². The smallest absolute Gasteiger partial charge is 0.248 e. The third-order valence-electron chi connectivity index (χ3n) is 2.98. The Bertz CT molecular complexity index is 452. The van der Waals surface area contributed by atoms with Gasteiger partial charge in [-0.1, -0.05) is 6.92 Å². The van der Waals surface area contributed by atoms with Gasteiger partial charge in [-0.3, -0.25) is 9.59 Å². The minimum atomic E-state index is -0.464. The summed E-state index contributed by atoms with van der Waals surface area (Å²) in [6.45, 7) is 6.18. The molecular weight excluding hydrogens is 242 g/mol. The highest BCUT2D eigenvalue weighted by molar-refractivity contribution is 5.93. The summed E-state index contributed by atoms with van der Waals surface area (Å²) in [6.07, 6.45) is 0.867. The van der Waals surface area contributed by atoms with Crippen LogP contribution in [0.5, 0.6) is 0 Å². The summed E-state index contributed by atoms with van der Waals surface area (Å²) in [6, 6.07) is 6.69. The van der Waals surface area contributed by atoms with Crippen LogP contribution < -0.4 is 16.4 Å². The van der Waals surface area contributed by atoms with Crippen LogP contribution >= 0.6 is 0 Å². The van der Waals surface area contributed by atoms with Gasteiger partial charge in [0, 0.05) is 16.8 Å². The Morgan fingerprint density at radius 1 is 1.21 bits per heavy atom. The van der Waals surface area contributed by atoms with E-state index in [2.05, 4.69) is 10.6 Å². The molecule has 2 amide bonds. The highest BCUT2D eigenvalue weighted by Crippen LogP contribution is 2.09. The molecule has 0 saturated carbocycles. The van der Waals surface area contributed by atoms with Crippen LogP contribution in [-0.4, -0.2) is 23.9 Å². The first-order chi connectivity index (χ1) is 8.84. The third kappa shape index (κ3) is 4.99. The Hall–Kier alpha value is -2.04. The molecule has 0 unspecified atom stereocenters. The van der Waals surface area contributed by atoms with Crippen LogP contribution in [0.2, 0.25) is 0 Å². The molecule has 0 atom stereocenters. The van der Waals surface area contributed by atoms with Crippen LogP contribution in [0, 0.1) is 0 Å². The van der Waals surface area contributed by atoms with Gasteiger partial charge in [-0.15, -0.1) is 0 Å². The fourth-order valence-electron chi connectivity index (χ4n) is 1.44. The molecule has 0 fully saturated rings. The topological polar surface area (TPSA) is 84.2 Å². The lowest BCUT2D eigenvalue weighted by Gasteiger charge is -2.24. The highest BCUT2D eigenvalue weighted by atomic mass is 16.2. The van der Waals surface area contributed by atoms with E-state index in [4.69, 9.17) is 5.73 Å². The molecule has 1 aromatic carbocycles. The molecule has 5 heteroatoms. The average molecular weight is 263 g/mol. The van der Waals surface area contributed by atoms with Gasteiger partial charge in [0.25, 0.3) is 0 Å². The highest BCUT2D eigenvalue weighted by Gasteiger charge is 2.17. The van der Waals surface area contributed by atoms with Crippen molar-refractivity contribution < 1.29 is 9.59 Å². The first-order valence-electron chi connectivity index (χ1n) is 6.29. The summed E-state index contributed by atoms with van der Waals surface area (Å²) < 4.78 is 0. The summed E-state index contributed by atoms with van der Waals surface area (Å²) in [5.74, 6) is -0.528. The standard InChI is InChI=1S/C14H21N3O2/c1-4-14(2,3)17-12(18)9-16-11-7-5-10(6-8-11)13(15)19/h5-8,16H,4,9H2,1-3H3,(H2,15,19)(H,17,18). The van der Waals surface area contributed by atoms with Crippen LogP contribution in [0.15, 0.2) is 24.3 Å². The molecule has 0 spiro atoms. The number of carbonyl (C=O) groups excluding carboxylic acids is 2. The van der Waals surface area contributed by atoms with E-state index in [0.29, 0.717) is 5.56 Å². The van der Waals surface area contributed by atoms with Gasteiger partial charge in [-0.2, -0.15) is 0 Å². The lowest BCUT2D eigenvalue weighted by Crippen LogP contribution is -2.45. The van der Waals surface area contributed by atoms with Gasteiger partial charge in [0.15, 0.2) is 0 Å². The number of nitrogens with two attached hydrogens (primary N) is 1. The van der Waals surface area contributed by atoms with Gasteiger partial charge < -0.3 is 16.4 Å². The summed E-state index contributed by atoms with van der Waals surface area (Å²) in [5.41, 5.74) is 6.17. The Labute approximate surface area is 113 Å². The number of amides is 2. The van der Waals surface area contributed by atoms with E-state index < -0.39 is 5.91 Å². The zero-order chi connectivity index (χ0) is 14.5. The first-order valence-corrected chi connectivity index (χ1v) is 6.29. The predicted octanol–water partition coefficient (Wildman–Crippen LogP) is 1.50. The van der Waals surface area contributed by atoms with Crippen molar-refractivity contribution in [2.75, 3.05) is 11.9 Å². The monoisotopic (exact) mass is 263 g/mol.